The maximum absolute atomic E-state index is 13.1. The van der Waals surface area contributed by atoms with Crippen molar-refractivity contribution in [2.24, 2.45) is 0 Å². The number of nitrogens with one attached hydrogen (secondary N) is 1. The van der Waals surface area contributed by atoms with Gasteiger partial charge in [0.15, 0.2) is 0 Å². The van der Waals surface area contributed by atoms with E-state index in [-0.39, 0.29) is 5.82 Å². The van der Waals surface area contributed by atoms with Gasteiger partial charge in [0, 0.05) is 23.4 Å². The van der Waals surface area contributed by atoms with Crippen LogP contribution < -0.4 is 5.32 Å². The Morgan fingerprint density at radius 2 is 2.36 bits per heavy atom. The maximum atomic E-state index is 13.1. The predicted octanol–water partition coefficient (Wildman–Crippen LogP) is 2.84. The minimum Gasteiger partial charge on any atom is -0.381 e. The van der Waals surface area contributed by atoms with Gasteiger partial charge in [0.25, 0.3) is 0 Å². The highest BCUT2D eigenvalue weighted by molar-refractivity contribution is 7.99. The van der Waals surface area contributed by atoms with Gasteiger partial charge in [0.05, 0.1) is 0 Å². The molecule has 0 aliphatic carbocycles. The molecule has 2 unspecified atom stereocenters. The molecule has 2 atom stereocenters. The summed E-state index contributed by atoms with van der Waals surface area (Å²) >= 11 is 1.98. The van der Waals surface area contributed by atoms with Crippen molar-refractivity contribution >= 4 is 17.4 Å². The van der Waals surface area contributed by atoms with Crippen LogP contribution in [0.2, 0.25) is 0 Å². The zero-order valence-electron chi connectivity index (χ0n) is 7.79. The van der Waals surface area contributed by atoms with Gasteiger partial charge >= 0.3 is 0 Å². The molecule has 1 N–H and O–H groups in total. The van der Waals surface area contributed by atoms with Gasteiger partial charge in [-0.3, -0.25) is 0 Å². The van der Waals surface area contributed by atoms with E-state index in [1.54, 1.807) is 6.07 Å². The minimum absolute atomic E-state index is 0.109. The van der Waals surface area contributed by atoms with Gasteiger partial charge in [-0.1, -0.05) is 0 Å². The molecule has 3 heteroatoms. The quantitative estimate of drug-likeness (QED) is 0.705. The summed E-state index contributed by atoms with van der Waals surface area (Å²) in [4.78, 5) is 0. The molecule has 3 rings (SSSR count). The van der Waals surface area contributed by atoms with Gasteiger partial charge in [-0.15, -0.1) is 0 Å². The lowest BCUT2D eigenvalue weighted by Crippen LogP contribution is -2.26. The Labute approximate surface area is 87.1 Å². The van der Waals surface area contributed by atoms with Crippen molar-refractivity contribution in [1.82, 2.24) is 0 Å². The van der Waals surface area contributed by atoms with Gasteiger partial charge in [-0.05, 0) is 35.9 Å². The zero-order chi connectivity index (χ0) is 9.54. The van der Waals surface area contributed by atoms with Crippen LogP contribution in [0.3, 0.4) is 0 Å². The molecule has 0 radical (unpaired) electrons. The van der Waals surface area contributed by atoms with Gasteiger partial charge in [0.1, 0.15) is 5.82 Å². The molecule has 2 aliphatic heterocycles. The molecule has 0 spiro atoms. The smallest absolute Gasteiger partial charge is 0.123 e. The monoisotopic (exact) mass is 209 g/mol. The largest absolute Gasteiger partial charge is 0.381 e. The van der Waals surface area contributed by atoms with E-state index in [1.807, 2.05) is 17.8 Å². The number of benzene rings is 1. The van der Waals surface area contributed by atoms with Crippen molar-refractivity contribution in [2.45, 2.75) is 18.4 Å². The van der Waals surface area contributed by atoms with Crippen LogP contribution in [0.5, 0.6) is 0 Å². The van der Waals surface area contributed by atoms with Gasteiger partial charge < -0.3 is 5.32 Å². The number of rotatable bonds is 0. The first-order chi connectivity index (χ1) is 6.84. The van der Waals surface area contributed by atoms with Crippen LogP contribution in [0.15, 0.2) is 18.2 Å². The van der Waals surface area contributed by atoms with E-state index in [0.29, 0.717) is 12.0 Å². The van der Waals surface area contributed by atoms with Crippen molar-refractivity contribution in [2.75, 3.05) is 16.8 Å². The lowest BCUT2D eigenvalue weighted by atomic mass is 9.95. The molecule has 1 nitrogen and oxygen atoms in total. The third kappa shape index (κ3) is 1.22. The molecule has 1 fully saturated rings. The number of fused-ring (bicyclic) bond motifs is 3. The van der Waals surface area contributed by atoms with E-state index in [9.17, 15) is 4.39 Å². The first-order valence-corrected chi connectivity index (χ1v) is 6.14. The van der Waals surface area contributed by atoms with Crippen LogP contribution >= 0.6 is 11.8 Å². The minimum atomic E-state index is -0.109. The predicted molar refractivity (Wildman–Crippen MR) is 58.5 cm³/mol. The summed E-state index contributed by atoms with van der Waals surface area (Å²) in [5.74, 6) is 2.78. The molecule has 2 heterocycles. The Kier molecular flexibility index (Phi) is 1.94. The molecule has 0 bridgehead atoms. The number of hydrogen-bond donors (Lipinski definition) is 1. The average molecular weight is 209 g/mol. The highest BCUT2D eigenvalue weighted by Crippen LogP contribution is 2.42. The van der Waals surface area contributed by atoms with Crippen LogP contribution in [-0.2, 0) is 0 Å². The standard InChI is InChI=1S/C11H12FNS/c12-7-1-2-10-8(5-7)9-6-14-4-3-11(9)13-10/h1-2,5,9,11,13H,3-4,6H2. The lowest BCUT2D eigenvalue weighted by Gasteiger charge is -2.24. The van der Waals surface area contributed by atoms with E-state index >= 15 is 0 Å². The fraction of sp³-hybridized carbons (Fsp3) is 0.455. The highest BCUT2D eigenvalue weighted by atomic mass is 32.2. The number of thioether (sulfide) groups is 1. The Balaban J connectivity index is 2.02. The van der Waals surface area contributed by atoms with E-state index in [4.69, 9.17) is 0 Å². The first-order valence-electron chi connectivity index (χ1n) is 4.98. The second kappa shape index (κ2) is 3.16. The van der Waals surface area contributed by atoms with E-state index in [1.165, 1.54) is 23.8 Å². The molecule has 1 aromatic carbocycles. The SMILES string of the molecule is Fc1ccc2c(c1)C1CSCCC1N2. The van der Waals surface area contributed by atoms with E-state index in [2.05, 4.69) is 5.32 Å². The van der Waals surface area contributed by atoms with Crippen LogP contribution in [0.1, 0.15) is 17.9 Å². The molecule has 2 aliphatic rings. The average Bonchev–Trinajstić information content (AvgIpc) is 2.56. The van der Waals surface area contributed by atoms with Crippen LogP contribution in [-0.4, -0.2) is 17.5 Å². The zero-order valence-corrected chi connectivity index (χ0v) is 8.61. The summed E-state index contributed by atoms with van der Waals surface area (Å²) in [5.41, 5.74) is 2.33. The molecular formula is C11H12FNS. The second-order valence-electron chi connectivity index (χ2n) is 3.95. The van der Waals surface area contributed by atoms with E-state index < -0.39 is 0 Å². The molecular weight excluding hydrogens is 197 g/mol. The highest BCUT2D eigenvalue weighted by Gasteiger charge is 2.34. The summed E-state index contributed by atoms with van der Waals surface area (Å²) in [5, 5.41) is 3.48. The normalized spacial score (nSPS) is 29.2. The molecule has 74 valence electrons. The lowest BCUT2D eigenvalue weighted by molar-refractivity contribution is 0.602. The van der Waals surface area contributed by atoms with Gasteiger partial charge in [-0.25, -0.2) is 4.39 Å². The molecule has 0 amide bonds. The van der Waals surface area contributed by atoms with Crippen molar-refractivity contribution in [3.8, 4) is 0 Å². The number of hydrogen-bond acceptors (Lipinski definition) is 2. The van der Waals surface area contributed by atoms with Crippen molar-refractivity contribution in [3.05, 3.63) is 29.6 Å². The Bertz CT molecular complexity index is 366. The summed E-state index contributed by atoms with van der Waals surface area (Å²) in [6, 6.07) is 5.65. The fourth-order valence-electron chi connectivity index (χ4n) is 2.39. The van der Waals surface area contributed by atoms with Gasteiger partial charge in [-0.2, -0.15) is 11.8 Å². The topological polar surface area (TPSA) is 12.0 Å². The Morgan fingerprint density at radius 3 is 3.29 bits per heavy atom. The first kappa shape index (κ1) is 8.60. The number of anilines is 1. The number of halogens is 1. The summed E-state index contributed by atoms with van der Waals surface area (Å²) in [6.45, 7) is 0. The maximum Gasteiger partial charge on any atom is 0.123 e. The van der Waals surface area contributed by atoms with Gasteiger partial charge in [0.2, 0.25) is 0 Å². The fourth-order valence-corrected chi connectivity index (χ4v) is 3.64. The molecule has 1 saturated heterocycles. The molecule has 0 saturated carbocycles. The molecule has 1 aromatic rings. The molecule has 0 aromatic heterocycles. The summed E-state index contributed by atoms with van der Waals surface area (Å²) < 4.78 is 13.1. The third-order valence-corrected chi connectivity index (χ3v) is 4.23. The molecule has 14 heavy (non-hydrogen) atoms. The Morgan fingerprint density at radius 1 is 1.43 bits per heavy atom. The van der Waals surface area contributed by atoms with Crippen LogP contribution in [0.4, 0.5) is 10.1 Å². The van der Waals surface area contributed by atoms with Crippen molar-refractivity contribution in [3.63, 3.8) is 0 Å². The van der Waals surface area contributed by atoms with Crippen molar-refractivity contribution in [1.29, 1.82) is 0 Å². The summed E-state index contributed by atoms with van der Waals surface area (Å²) in [7, 11) is 0. The Hall–Kier alpha value is -0.700. The van der Waals surface area contributed by atoms with Crippen LogP contribution in [0, 0.1) is 5.82 Å². The summed E-state index contributed by atoms with van der Waals surface area (Å²) in [6.07, 6.45) is 1.20. The second-order valence-corrected chi connectivity index (χ2v) is 5.10. The van der Waals surface area contributed by atoms with Crippen LogP contribution in [0.25, 0.3) is 0 Å². The third-order valence-electron chi connectivity index (χ3n) is 3.11. The van der Waals surface area contributed by atoms with E-state index in [0.717, 1.165) is 11.4 Å². The van der Waals surface area contributed by atoms with Crippen molar-refractivity contribution < 1.29 is 4.39 Å².